The van der Waals surface area contributed by atoms with E-state index in [0.717, 1.165) is 56.0 Å². The van der Waals surface area contributed by atoms with Crippen molar-refractivity contribution in [2.45, 2.75) is 43.9 Å². The standard InChI is InChI=1S/C19H24FN5O/c1-24(14-5-3-13(20)4-6-14)17-23-22-16(25(17)2)19-10-7-18(8-11-19,9-12-19)15(21)26/h3-6H,7-12H2,1-2H3,(H2,21,26). The van der Waals surface area contributed by atoms with E-state index in [1.165, 1.54) is 12.1 Å². The van der Waals surface area contributed by atoms with Gasteiger partial charge < -0.3 is 10.6 Å². The number of primary amides is 1. The number of halogens is 1. The number of nitrogens with two attached hydrogens (primary N) is 1. The number of aromatic nitrogens is 3. The van der Waals surface area contributed by atoms with Crippen molar-refractivity contribution in [3.63, 3.8) is 0 Å². The normalized spacial score (nSPS) is 27.5. The highest BCUT2D eigenvalue weighted by Gasteiger charge is 2.54. The van der Waals surface area contributed by atoms with Crippen molar-refractivity contribution in [3.05, 3.63) is 35.9 Å². The number of hydrogen-bond acceptors (Lipinski definition) is 4. The molecule has 3 aliphatic rings. The maximum Gasteiger partial charge on any atom is 0.231 e. The second-order valence-electron chi connectivity index (χ2n) is 7.84. The van der Waals surface area contributed by atoms with E-state index in [0.29, 0.717) is 0 Å². The predicted octanol–water partition coefficient (Wildman–Crippen LogP) is 2.80. The zero-order valence-corrected chi connectivity index (χ0v) is 15.2. The lowest BCUT2D eigenvalue weighted by molar-refractivity contribution is -0.134. The minimum Gasteiger partial charge on any atom is -0.369 e. The van der Waals surface area contributed by atoms with Gasteiger partial charge in [-0.1, -0.05) is 0 Å². The number of nitrogens with zero attached hydrogens (tertiary/aromatic N) is 4. The molecular formula is C19H24FN5O. The highest BCUT2D eigenvalue weighted by Crippen LogP contribution is 2.57. The van der Waals surface area contributed by atoms with Crippen LogP contribution in [0.5, 0.6) is 0 Å². The summed E-state index contributed by atoms with van der Waals surface area (Å²) in [5.74, 6) is 1.28. The van der Waals surface area contributed by atoms with E-state index in [-0.39, 0.29) is 22.6 Å². The number of carbonyl (C=O) groups excluding carboxylic acids is 1. The lowest BCUT2D eigenvalue weighted by Crippen LogP contribution is -2.51. The molecule has 0 aliphatic heterocycles. The molecule has 0 spiro atoms. The van der Waals surface area contributed by atoms with Gasteiger partial charge in [-0.25, -0.2) is 4.39 Å². The molecule has 138 valence electrons. The Bertz CT molecular complexity index is 820. The lowest BCUT2D eigenvalue weighted by atomic mass is 9.53. The molecule has 7 heteroatoms. The minimum absolute atomic E-state index is 0.0269. The van der Waals surface area contributed by atoms with Crippen LogP contribution in [-0.2, 0) is 17.3 Å². The average Bonchev–Trinajstić information content (AvgIpc) is 3.05. The lowest BCUT2D eigenvalue weighted by Gasteiger charge is -2.51. The quantitative estimate of drug-likeness (QED) is 0.913. The van der Waals surface area contributed by atoms with Gasteiger partial charge in [0.15, 0.2) is 0 Å². The van der Waals surface area contributed by atoms with Crippen LogP contribution >= 0.6 is 0 Å². The van der Waals surface area contributed by atoms with Crippen molar-refractivity contribution in [2.75, 3.05) is 11.9 Å². The first-order valence-electron chi connectivity index (χ1n) is 9.06. The Morgan fingerprint density at radius 2 is 1.69 bits per heavy atom. The van der Waals surface area contributed by atoms with Crippen LogP contribution in [0.4, 0.5) is 16.0 Å². The van der Waals surface area contributed by atoms with Crippen LogP contribution in [0.2, 0.25) is 0 Å². The maximum absolute atomic E-state index is 13.2. The molecule has 1 heterocycles. The monoisotopic (exact) mass is 357 g/mol. The minimum atomic E-state index is -0.311. The molecule has 2 aromatic rings. The van der Waals surface area contributed by atoms with Crippen molar-refractivity contribution in [2.24, 2.45) is 18.2 Å². The largest absolute Gasteiger partial charge is 0.369 e. The van der Waals surface area contributed by atoms with E-state index in [9.17, 15) is 9.18 Å². The van der Waals surface area contributed by atoms with E-state index in [1.807, 2.05) is 23.6 Å². The predicted molar refractivity (Wildman–Crippen MR) is 96.5 cm³/mol. The van der Waals surface area contributed by atoms with Crippen LogP contribution in [0, 0.1) is 11.2 Å². The molecule has 0 unspecified atom stereocenters. The first kappa shape index (κ1) is 17.0. The maximum atomic E-state index is 13.2. The molecule has 5 rings (SSSR count). The third-order valence-electron chi connectivity index (χ3n) is 6.61. The van der Waals surface area contributed by atoms with Crippen molar-refractivity contribution in [1.82, 2.24) is 14.8 Å². The van der Waals surface area contributed by atoms with Gasteiger partial charge >= 0.3 is 0 Å². The molecule has 3 fully saturated rings. The highest BCUT2D eigenvalue weighted by molar-refractivity contribution is 5.81. The van der Waals surface area contributed by atoms with Gasteiger partial charge in [0, 0.05) is 30.6 Å². The summed E-state index contributed by atoms with van der Waals surface area (Å²) in [6, 6.07) is 6.33. The average molecular weight is 357 g/mol. The number of benzene rings is 1. The van der Waals surface area contributed by atoms with Gasteiger partial charge in [-0.2, -0.15) is 0 Å². The molecule has 2 N–H and O–H groups in total. The van der Waals surface area contributed by atoms with Crippen LogP contribution in [0.3, 0.4) is 0 Å². The van der Waals surface area contributed by atoms with Gasteiger partial charge in [-0.05, 0) is 62.8 Å². The molecule has 1 aromatic heterocycles. The molecule has 0 radical (unpaired) electrons. The number of hydrogen-bond donors (Lipinski definition) is 1. The van der Waals surface area contributed by atoms with E-state index in [1.54, 1.807) is 12.1 Å². The third-order valence-corrected chi connectivity index (χ3v) is 6.61. The Kier molecular flexibility index (Phi) is 3.78. The van der Waals surface area contributed by atoms with Crippen LogP contribution < -0.4 is 10.6 Å². The number of anilines is 2. The zero-order valence-electron chi connectivity index (χ0n) is 15.2. The Hall–Kier alpha value is -2.44. The fraction of sp³-hybridized carbons (Fsp3) is 0.526. The van der Waals surface area contributed by atoms with Gasteiger partial charge in [0.2, 0.25) is 11.9 Å². The van der Waals surface area contributed by atoms with E-state index >= 15 is 0 Å². The second-order valence-corrected chi connectivity index (χ2v) is 7.84. The van der Waals surface area contributed by atoms with E-state index in [4.69, 9.17) is 5.73 Å². The summed E-state index contributed by atoms with van der Waals surface area (Å²) < 4.78 is 15.2. The molecule has 2 bridgehead atoms. The van der Waals surface area contributed by atoms with Crippen LogP contribution in [0.1, 0.15) is 44.3 Å². The van der Waals surface area contributed by atoms with Gasteiger partial charge in [0.1, 0.15) is 11.6 Å². The molecule has 6 nitrogen and oxygen atoms in total. The first-order chi connectivity index (χ1) is 12.4. The summed E-state index contributed by atoms with van der Waals surface area (Å²) in [6.07, 6.45) is 5.25. The SMILES string of the molecule is CN(c1ccc(F)cc1)c1nnc(C23CCC(C(N)=O)(CC2)CC3)n1C. The van der Waals surface area contributed by atoms with Crippen LogP contribution in [0.15, 0.2) is 24.3 Å². The van der Waals surface area contributed by atoms with Gasteiger partial charge in [0.25, 0.3) is 0 Å². The summed E-state index contributed by atoms with van der Waals surface area (Å²) in [6.45, 7) is 0. The molecule has 3 aliphatic carbocycles. The highest BCUT2D eigenvalue weighted by atomic mass is 19.1. The van der Waals surface area contributed by atoms with Gasteiger partial charge in [0.05, 0.1) is 0 Å². The van der Waals surface area contributed by atoms with Crippen molar-refractivity contribution >= 4 is 17.5 Å². The smallest absolute Gasteiger partial charge is 0.231 e. The van der Waals surface area contributed by atoms with Crippen molar-refractivity contribution in [1.29, 1.82) is 0 Å². The van der Waals surface area contributed by atoms with Crippen molar-refractivity contribution in [3.8, 4) is 0 Å². The fourth-order valence-corrected chi connectivity index (χ4v) is 4.75. The second kappa shape index (κ2) is 5.79. The number of amides is 1. The Balaban J connectivity index is 1.62. The number of fused-ring (bicyclic) bond motifs is 3. The van der Waals surface area contributed by atoms with E-state index in [2.05, 4.69) is 10.2 Å². The van der Waals surface area contributed by atoms with Gasteiger partial charge in [-0.15, -0.1) is 10.2 Å². The van der Waals surface area contributed by atoms with Crippen LogP contribution in [-0.4, -0.2) is 27.7 Å². The molecule has 26 heavy (non-hydrogen) atoms. The summed E-state index contributed by atoms with van der Waals surface area (Å²) in [7, 11) is 3.88. The molecule has 1 aromatic carbocycles. The Labute approximate surface area is 152 Å². The summed E-state index contributed by atoms with van der Waals surface area (Å²) in [5.41, 5.74) is 6.18. The molecule has 1 amide bonds. The summed E-state index contributed by atoms with van der Waals surface area (Å²) >= 11 is 0. The van der Waals surface area contributed by atoms with Crippen molar-refractivity contribution < 1.29 is 9.18 Å². The fourth-order valence-electron chi connectivity index (χ4n) is 4.75. The summed E-state index contributed by atoms with van der Waals surface area (Å²) in [4.78, 5) is 13.8. The topological polar surface area (TPSA) is 77.0 Å². The Morgan fingerprint density at radius 3 is 2.23 bits per heavy atom. The van der Waals surface area contributed by atoms with Gasteiger partial charge in [-0.3, -0.25) is 9.36 Å². The molecule has 0 atom stereocenters. The molecular weight excluding hydrogens is 333 g/mol. The van der Waals surface area contributed by atoms with E-state index < -0.39 is 0 Å². The Morgan fingerprint density at radius 1 is 1.12 bits per heavy atom. The molecule has 3 saturated carbocycles. The number of rotatable bonds is 4. The number of carbonyl (C=O) groups is 1. The third kappa shape index (κ3) is 2.40. The van der Waals surface area contributed by atoms with Crippen LogP contribution in [0.25, 0.3) is 0 Å². The summed E-state index contributed by atoms with van der Waals surface area (Å²) in [5, 5.41) is 8.93. The zero-order chi connectivity index (χ0) is 18.5. The molecule has 0 saturated heterocycles. The first-order valence-corrected chi connectivity index (χ1v) is 9.06.